The van der Waals surface area contributed by atoms with Crippen LogP contribution in [0.4, 0.5) is 10.5 Å². The van der Waals surface area contributed by atoms with Gasteiger partial charge in [0.1, 0.15) is 0 Å². The van der Waals surface area contributed by atoms with Gasteiger partial charge in [-0.1, -0.05) is 36.4 Å². The number of likely N-dealkylation sites (tertiary alicyclic amines) is 1. The lowest BCUT2D eigenvalue weighted by Crippen LogP contribution is -2.46. The molecular weight excluding hydrogens is 334 g/mol. The molecule has 142 valence electrons. The molecule has 2 aliphatic heterocycles. The van der Waals surface area contributed by atoms with Crippen molar-refractivity contribution in [3.8, 4) is 0 Å². The Bertz CT molecular complexity index is 804. The third-order valence-corrected chi connectivity index (χ3v) is 5.80. The zero-order valence-corrected chi connectivity index (χ0v) is 16.2. The van der Waals surface area contributed by atoms with Gasteiger partial charge in [-0.3, -0.25) is 4.90 Å². The summed E-state index contributed by atoms with van der Waals surface area (Å²) in [6.07, 6.45) is 3.45. The van der Waals surface area contributed by atoms with Crippen molar-refractivity contribution < 1.29 is 4.79 Å². The van der Waals surface area contributed by atoms with E-state index >= 15 is 0 Å². The number of carbonyl (C=O) groups excluding carboxylic acids is 1. The SMILES string of the molecule is Cc1cccc(NC(=O)N2CCC[C@H](CN3CCc4ccccc4C3)C2)c1. The zero-order valence-electron chi connectivity index (χ0n) is 16.2. The van der Waals surface area contributed by atoms with Crippen molar-refractivity contribution in [1.82, 2.24) is 9.80 Å². The Labute approximate surface area is 162 Å². The Morgan fingerprint density at radius 3 is 2.81 bits per heavy atom. The van der Waals surface area contributed by atoms with Gasteiger partial charge in [0.15, 0.2) is 0 Å². The maximum absolute atomic E-state index is 12.7. The molecule has 2 amide bonds. The normalized spacial score (nSPS) is 20.2. The molecule has 2 aromatic carbocycles. The highest BCUT2D eigenvalue weighted by Gasteiger charge is 2.26. The average molecular weight is 364 g/mol. The number of nitrogens with zero attached hydrogens (tertiary/aromatic N) is 2. The largest absolute Gasteiger partial charge is 0.324 e. The first-order valence-corrected chi connectivity index (χ1v) is 10.1. The van der Waals surface area contributed by atoms with Crippen LogP contribution in [-0.4, -0.2) is 42.0 Å². The number of hydrogen-bond acceptors (Lipinski definition) is 2. The minimum Gasteiger partial charge on any atom is -0.324 e. The summed E-state index contributed by atoms with van der Waals surface area (Å²) in [6.45, 7) is 7.02. The number of amides is 2. The van der Waals surface area contributed by atoms with Crippen molar-refractivity contribution >= 4 is 11.7 Å². The predicted octanol–water partition coefficient (Wildman–Crippen LogP) is 4.30. The molecule has 2 aromatic rings. The van der Waals surface area contributed by atoms with Crippen LogP contribution >= 0.6 is 0 Å². The topological polar surface area (TPSA) is 35.6 Å². The molecular formula is C23H29N3O. The summed E-state index contributed by atoms with van der Waals surface area (Å²) in [7, 11) is 0. The van der Waals surface area contributed by atoms with E-state index in [1.807, 2.05) is 36.1 Å². The van der Waals surface area contributed by atoms with Gasteiger partial charge in [0.2, 0.25) is 0 Å². The minimum absolute atomic E-state index is 0.0364. The molecule has 0 unspecified atom stereocenters. The van der Waals surface area contributed by atoms with E-state index in [-0.39, 0.29) is 6.03 Å². The third kappa shape index (κ3) is 4.51. The van der Waals surface area contributed by atoms with E-state index < -0.39 is 0 Å². The van der Waals surface area contributed by atoms with E-state index in [0.717, 1.165) is 56.8 Å². The first kappa shape index (κ1) is 18.1. The van der Waals surface area contributed by atoms with Crippen LogP contribution < -0.4 is 5.32 Å². The molecule has 4 heteroatoms. The lowest BCUT2D eigenvalue weighted by Gasteiger charge is -2.37. The number of rotatable bonds is 3. The number of piperidine rings is 1. The summed E-state index contributed by atoms with van der Waals surface area (Å²) < 4.78 is 0. The fraction of sp³-hybridized carbons (Fsp3) is 0.435. The summed E-state index contributed by atoms with van der Waals surface area (Å²) >= 11 is 0. The Kier molecular flexibility index (Phi) is 5.44. The number of urea groups is 1. The standard InChI is InChI=1S/C23H29N3O/c1-18-6-4-10-22(14-18)24-23(27)26-12-5-7-19(16-26)15-25-13-11-20-8-2-3-9-21(20)17-25/h2-4,6,8-10,14,19H,5,7,11-13,15-17H2,1H3,(H,24,27)/t19-/m1/s1. The molecule has 0 spiro atoms. The van der Waals surface area contributed by atoms with Crippen LogP contribution in [0.25, 0.3) is 0 Å². The average Bonchev–Trinajstić information content (AvgIpc) is 2.68. The lowest BCUT2D eigenvalue weighted by atomic mass is 9.95. The van der Waals surface area contributed by atoms with Crippen LogP contribution in [0.15, 0.2) is 48.5 Å². The van der Waals surface area contributed by atoms with E-state index in [4.69, 9.17) is 0 Å². The van der Waals surface area contributed by atoms with Gasteiger partial charge in [0, 0.05) is 38.4 Å². The Balaban J connectivity index is 1.32. The van der Waals surface area contributed by atoms with Gasteiger partial charge in [0.25, 0.3) is 0 Å². The zero-order chi connectivity index (χ0) is 18.6. The quantitative estimate of drug-likeness (QED) is 0.883. The van der Waals surface area contributed by atoms with E-state index in [1.54, 1.807) is 0 Å². The van der Waals surface area contributed by atoms with Crippen molar-refractivity contribution in [2.24, 2.45) is 5.92 Å². The molecule has 0 aromatic heterocycles. The van der Waals surface area contributed by atoms with E-state index in [1.165, 1.54) is 17.5 Å². The maximum Gasteiger partial charge on any atom is 0.321 e. The molecule has 0 saturated carbocycles. The number of hydrogen-bond donors (Lipinski definition) is 1. The second kappa shape index (κ2) is 8.13. The molecule has 0 aliphatic carbocycles. The summed E-state index contributed by atoms with van der Waals surface area (Å²) in [5.41, 5.74) is 5.01. The van der Waals surface area contributed by atoms with Gasteiger partial charge in [-0.25, -0.2) is 4.79 Å². The van der Waals surface area contributed by atoms with Crippen LogP contribution in [0.5, 0.6) is 0 Å². The van der Waals surface area contributed by atoms with Gasteiger partial charge < -0.3 is 10.2 Å². The lowest BCUT2D eigenvalue weighted by molar-refractivity contribution is 0.140. The summed E-state index contributed by atoms with van der Waals surface area (Å²) in [6, 6.07) is 16.8. The van der Waals surface area contributed by atoms with Crippen molar-refractivity contribution in [3.05, 3.63) is 65.2 Å². The van der Waals surface area contributed by atoms with Gasteiger partial charge in [0.05, 0.1) is 0 Å². The van der Waals surface area contributed by atoms with Crippen molar-refractivity contribution in [2.45, 2.75) is 32.7 Å². The molecule has 1 fully saturated rings. The number of nitrogens with one attached hydrogen (secondary N) is 1. The third-order valence-electron chi connectivity index (χ3n) is 5.80. The van der Waals surface area contributed by atoms with Crippen molar-refractivity contribution in [1.29, 1.82) is 0 Å². The summed E-state index contributed by atoms with van der Waals surface area (Å²) in [5.74, 6) is 0.562. The van der Waals surface area contributed by atoms with Gasteiger partial charge in [-0.2, -0.15) is 0 Å². The molecule has 2 heterocycles. The predicted molar refractivity (Wildman–Crippen MR) is 110 cm³/mol. The van der Waals surface area contributed by atoms with E-state index in [2.05, 4.69) is 34.5 Å². The van der Waals surface area contributed by atoms with Crippen LogP contribution in [0, 0.1) is 12.8 Å². The van der Waals surface area contributed by atoms with Crippen LogP contribution in [0.1, 0.15) is 29.5 Å². The van der Waals surface area contributed by atoms with E-state index in [0.29, 0.717) is 5.92 Å². The summed E-state index contributed by atoms with van der Waals surface area (Å²) in [5, 5.41) is 3.06. The highest BCUT2D eigenvalue weighted by molar-refractivity contribution is 5.89. The molecule has 27 heavy (non-hydrogen) atoms. The molecule has 4 rings (SSSR count). The molecule has 2 aliphatic rings. The number of aryl methyl sites for hydroxylation is 1. The molecule has 1 saturated heterocycles. The number of carbonyl (C=O) groups is 1. The Hall–Kier alpha value is -2.33. The first-order valence-electron chi connectivity index (χ1n) is 10.1. The minimum atomic E-state index is 0.0364. The van der Waals surface area contributed by atoms with Crippen LogP contribution in [-0.2, 0) is 13.0 Å². The fourth-order valence-corrected chi connectivity index (χ4v) is 4.40. The van der Waals surface area contributed by atoms with Gasteiger partial charge in [-0.15, -0.1) is 0 Å². The molecule has 1 N–H and O–H groups in total. The monoisotopic (exact) mass is 363 g/mol. The molecule has 0 bridgehead atoms. The second-order valence-electron chi connectivity index (χ2n) is 8.01. The molecule has 4 nitrogen and oxygen atoms in total. The fourth-order valence-electron chi connectivity index (χ4n) is 4.40. The highest BCUT2D eigenvalue weighted by Crippen LogP contribution is 2.23. The Morgan fingerprint density at radius 1 is 1.11 bits per heavy atom. The van der Waals surface area contributed by atoms with Crippen LogP contribution in [0.3, 0.4) is 0 Å². The summed E-state index contributed by atoms with van der Waals surface area (Å²) in [4.78, 5) is 17.2. The smallest absolute Gasteiger partial charge is 0.321 e. The van der Waals surface area contributed by atoms with E-state index in [9.17, 15) is 4.79 Å². The number of anilines is 1. The molecule has 1 atom stereocenters. The van der Waals surface area contributed by atoms with Gasteiger partial charge in [-0.05, 0) is 60.9 Å². The molecule has 0 radical (unpaired) electrons. The van der Waals surface area contributed by atoms with Gasteiger partial charge >= 0.3 is 6.03 Å². The Morgan fingerprint density at radius 2 is 1.96 bits per heavy atom. The number of benzene rings is 2. The van der Waals surface area contributed by atoms with Crippen molar-refractivity contribution in [2.75, 3.05) is 31.5 Å². The van der Waals surface area contributed by atoms with Crippen molar-refractivity contribution in [3.63, 3.8) is 0 Å². The second-order valence-corrected chi connectivity index (χ2v) is 8.01. The highest BCUT2D eigenvalue weighted by atomic mass is 16.2. The first-order chi connectivity index (χ1) is 13.2. The number of fused-ring (bicyclic) bond motifs is 1. The van der Waals surface area contributed by atoms with Crippen LogP contribution in [0.2, 0.25) is 0 Å². The maximum atomic E-state index is 12.7.